The molecule has 0 aliphatic heterocycles. The zero-order valence-corrected chi connectivity index (χ0v) is 15.4. The average Bonchev–Trinajstić information content (AvgIpc) is 2.67. The van der Waals surface area contributed by atoms with Gasteiger partial charge in [-0.2, -0.15) is 0 Å². The summed E-state index contributed by atoms with van der Waals surface area (Å²) in [5.74, 6) is 0. The molecule has 2 aromatic rings. The molecule has 0 bridgehead atoms. The number of hydrogen-bond donors (Lipinski definition) is 0. The Morgan fingerprint density at radius 3 is 1.80 bits per heavy atom. The fourth-order valence-corrected chi connectivity index (χ4v) is 3.03. The molecule has 0 aliphatic carbocycles. The Bertz CT molecular complexity index is 585. The van der Waals surface area contributed by atoms with Crippen molar-refractivity contribution < 1.29 is 23.2 Å². The molecule has 25 heavy (non-hydrogen) atoms. The van der Waals surface area contributed by atoms with Crippen LogP contribution in [0.2, 0.25) is 0 Å². The first-order valence-corrected chi connectivity index (χ1v) is 9.96. The molecule has 0 aliphatic rings. The Morgan fingerprint density at radius 2 is 1.32 bits per heavy atom. The summed E-state index contributed by atoms with van der Waals surface area (Å²) in [6.45, 7) is 2.68. The zero-order valence-electron chi connectivity index (χ0n) is 14.5. The molecule has 0 unspecified atom stereocenters. The van der Waals surface area contributed by atoms with Gasteiger partial charge < -0.3 is 0 Å². The molecule has 0 heterocycles. The second-order valence-electron chi connectivity index (χ2n) is 5.57. The maximum atomic E-state index is 12.8. The quantitative estimate of drug-likeness (QED) is 0.210. The normalized spacial score (nSPS) is 11.6. The van der Waals surface area contributed by atoms with Crippen LogP contribution >= 0.6 is 7.82 Å². The van der Waals surface area contributed by atoms with E-state index in [1.54, 1.807) is 0 Å². The summed E-state index contributed by atoms with van der Waals surface area (Å²) in [6, 6.07) is 18.9. The number of unbranched alkanes of at least 4 members (excludes halogenated alkanes) is 2. The van der Waals surface area contributed by atoms with E-state index in [1.807, 2.05) is 60.7 Å². The van der Waals surface area contributed by atoms with E-state index in [1.165, 1.54) is 0 Å². The molecule has 5 nitrogen and oxygen atoms in total. The van der Waals surface area contributed by atoms with E-state index < -0.39 is 7.82 Å². The summed E-state index contributed by atoms with van der Waals surface area (Å²) in [6.07, 6.45) is 2.91. The largest absolute Gasteiger partial charge is 0.502 e. The minimum atomic E-state index is -3.82. The minimum absolute atomic E-state index is 0.116. The van der Waals surface area contributed by atoms with E-state index in [2.05, 4.69) is 6.92 Å². The van der Waals surface area contributed by atoms with Crippen LogP contribution in [0.25, 0.3) is 0 Å². The Balaban J connectivity index is 1.90. The van der Waals surface area contributed by atoms with Gasteiger partial charge in [0, 0.05) is 0 Å². The fourth-order valence-electron chi connectivity index (χ4n) is 2.05. The lowest BCUT2D eigenvalue weighted by atomic mass is 10.2. The highest BCUT2D eigenvalue weighted by Crippen LogP contribution is 2.51. The van der Waals surface area contributed by atoms with E-state index in [9.17, 15) is 4.57 Å². The highest BCUT2D eigenvalue weighted by atomic mass is 31.2. The monoisotopic (exact) mass is 364 g/mol. The Kier molecular flexibility index (Phi) is 8.87. The summed E-state index contributed by atoms with van der Waals surface area (Å²) >= 11 is 0. The third kappa shape index (κ3) is 7.95. The van der Waals surface area contributed by atoms with Crippen molar-refractivity contribution in [1.82, 2.24) is 0 Å². The number of hydrogen-bond acceptors (Lipinski definition) is 5. The van der Waals surface area contributed by atoms with Crippen molar-refractivity contribution in [2.24, 2.45) is 0 Å². The molecule has 0 fully saturated rings. The van der Waals surface area contributed by atoms with Gasteiger partial charge in [0.1, 0.15) is 0 Å². The summed E-state index contributed by atoms with van der Waals surface area (Å²) in [4.78, 5) is 5.06. The molecule has 0 spiro atoms. The lowest BCUT2D eigenvalue weighted by Crippen LogP contribution is -2.03. The van der Waals surface area contributed by atoms with E-state index in [4.69, 9.17) is 18.6 Å². The first kappa shape index (κ1) is 19.8. The molecule has 0 saturated carbocycles. The van der Waals surface area contributed by atoms with Gasteiger partial charge in [0.05, 0.1) is 19.8 Å². The molecular weight excluding hydrogens is 339 g/mol. The second kappa shape index (κ2) is 11.2. The first-order chi connectivity index (χ1) is 12.2. The van der Waals surface area contributed by atoms with Gasteiger partial charge in [0.25, 0.3) is 0 Å². The molecule has 6 heteroatoms. The van der Waals surface area contributed by atoms with Crippen LogP contribution < -0.4 is 0 Å². The van der Waals surface area contributed by atoms with Crippen molar-refractivity contribution >= 4 is 7.82 Å². The van der Waals surface area contributed by atoms with Gasteiger partial charge in [-0.25, -0.2) is 9.45 Å². The summed E-state index contributed by atoms with van der Waals surface area (Å²) < 4.78 is 28.7. The predicted octanol–water partition coefficient (Wildman–Crippen LogP) is 5.67. The number of phosphoric ester groups is 1. The Hall–Kier alpha value is -1.49. The van der Waals surface area contributed by atoms with Crippen molar-refractivity contribution in [3.05, 3.63) is 71.8 Å². The predicted molar refractivity (Wildman–Crippen MR) is 96.6 cm³/mol. The maximum absolute atomic E-state index is 12.8. The van der Waals surface area contributed by atoms with Crippen molar-refractivity contribution in [3.8, 4) is 0 Å². The average molecular weight is 364 g/mol. The molecule has 0 radical (unpaired) electrons. The first-order valence-electron chi connectivity index (χ1n) is 8.50. The van der Waals surface area contributed by atoms with Crippen LogP contribution in [-0.2, 0) is 36.4 Å². The van der Waals surface area contributed by atoms with Gasteiger partial charge in [-0.05, 0) is 17.5 Å². The van der Waals surface area contributed by atoms with E-state index in [-0.39, 0.29) is 13.2 Å². The number of benzene rings is 2. The van der Waals surface area contributed by atoms with Crippen LogP contribution in [-0.4, -0.2) is 6.61 Å². The second-order valence-corrected chi connectivity index (χ2v) is 7.13. The molecule has 0 saturated heterocycles. The third-order valence-electron chi connectivity index (χ3n) is 3.44. The molecule has 0 aromatic heterocycles. The standard InChI is InChI=1S/C19H25O5P/c1-2-3-10-15-21-24-25(20,22-16-18-11-6-4-7-12-18)23-17-19-13-8-5-9-14-19/h4-9,11-14H,2-3,10,15-17H2,1H3. The van der Waals surface area contributed by atoms with Crippen LogP contribution in [0, 0.1) is 0 Å². The molecule has 0 atom stereocenters. The third-order valence-corrected chi connectivity index (χ3v) is 4.62. The molecule has 2 aromatic carbocycles. The van der Waals surface area contributed by atoms with Crippen LogP contribution in [0.1, 0.15) is 37.3 Å². The van der Waals surface area contributed by atoms with Crippen LogP contribution in [0.5, 0.6) is 0 Å². The smallest absolute Gasteiger partial charge is 0.280 e. The van der Waals surface area contributed by atoms with E-state index in [0.717, 1.165) is 30.4 Å². The van der Waals surface area contributed by atoms with Gasteiger partial charge in [-0.1, -0.05) is 80.4 Å². The van der Waals surface area contributed by atoms with Crippen LogP contribution in [0.15, 0.2) is 60.7 Å². The van der Waals surface area contributed by atoms with Crippen molar-refractivity contribution in [3.63, 3.8) is 0 Å². The van der Waals surface area contributed by atoms with Gasteiger partial charge >= 0.3 is 7.82 Å². The van der Waals surface area contributed by atoms with Crippen LogP contribution in [0.4, 0.5) is 0 Å². The Labute approximate surface area is 149 Å². The molecule has 0 amide bonds. The minimum Gasteiger partial charge on any atom is -0.280 e. The molecule has 0 N–H and O–H groups in total. The van der Waals surface area contributed by atoms with Gasteiger partial charge in [-0.3, -0.25) is 9.05 Å². The lowest BCUT2D eigenvalue weighted by Gasteiger charge is -2.17. The molecule has 136 valence electrons. The summed E-state index contributed by atoms with van der Waals surface area (Å²) in [5.41, 5.74) is 1.75. The van der Waals surface area contributed by atoms with Crippen molar-refractivity contribution in [2.75, 3.05) is 6.61 Å². The fraction of sp³-hybridized carbons (Fsp3) is 0.368. The van der Waals surface area contributed by atoms with Gasteiger partial charge in [-0.15, -0.1) is 4.67 Å². The Morgan fingerprint density at radius 1 is 0.800 bits per heavy atom. The van der Waals surface area contributed by atoms with Crippen molar-refractivity contribution in [1.29, 1.82) is 0 Å². The maximum Gasteiger partial charge on any atom is 0.502 e. The lowest BCUT2D eigenvalue weighted by molar-refractivity contribution is -0.228. The number of rotatable bonds is 12. The zero-order chi connectivity index (χ0) is 17.8. The number of phosphoric acid groups is 1. The highest BCUT2D eigenvalue weighted by molar-refractivity contribution is 7.48. The molecular formula is C19H25O5P. The van der Waals surface area contributed by atoms with E-state index in [0.29, 0.717) is 6.61 Å². The van der Waals surface area contributed by atoms with Gasteiger partial charge in [0.2, 0.25) is 0 Å². The SMILES string of the molecule is CCCCCOOP(=O)(OCc1ccccc1)OCc1ccccc1. The van der Waals surface area contributed by atoms with Crippen molar-refractivity contribution in [2.45, 2.75) is 39.4 Å². The molecule has 2 rings (SSSR count). The summed E-state index contributed by atoms with van der Waals surface area (Å²) in [5, 5.41) is 0. The highest BCUT2D eigenvalue weighted by Gasteiger charge is 2.28. The topological polar surface area (TPSA) is 54.0 Å². The van der Waals surface area contributed by atoms with E-state index >= 15 is 0 Å². The van der Waals surface area contributed by atoms with Crippen LogP contribution in [0.3, 0.4) is 0 Å². The summed E-state index contributed by atoms with van der Waals surface area (Å²) in [7, 11) is -3.82. The van der Waals surface area contributed by atoms with Gasteiger partial charge in [0.15, 0.2) is 0 Å².